The second-order valence-corrected chi connectivity index (χ2v) is 9.27. The van der Waals surface area contributed by atoms with Gasteiger partial charge >= 0.3 is 0 Å². The summed E-state index contributed by atoms with van der Waals surface area (Å²) >= 11 is 1.46. The molecule has 2 heterocycles. The van der Waals surface area contributed by atoms with Crippen LogP contribution in [0.4, 0.5) is 0 Å². The van der Waals surface area contributed by atoms with E-state index in [-0.39, 0.29) is 13.2 Å². The first-order chi connectivity index (χ1) is 15.9. The predicted octanol–water partition coefficient (Wildman–Crippen LogP) is 1.55. The van der Waals surface area contributed by atoms with Gasteiger partial charge in [0.05, 0.1) is 12.7 Å². The Morgan fingerprint density at radius 3 is 2.42 bits per heavy atom. The molecule has 0 aliphatic carbocycles. The molecule has 33 heavy (non-hydrogen) atoms. The molecule has 0 saturated carbocycles. The van der Waals surface area contributed by atoms with E-state index in [4.69, 9.17) is 14.2 Å². The first-order valence-corrected chi connectivity index (χ1v) is 11.9. The summed E-state index contributed by atoms with van der Waals surface area (Å²) in [4.78, 5) is 14.7. The van der Waals surface area contributed by atoms with Gasteiger partial charge in [0.1, 0.15) is 24.4 Å². The van der Waals surface area contributed by atoms with Crippen molar-refractivity contribution in [3.8, 4) is 0 Å². The molecule has 0 aromatic heterocycles. The molecule has 1 amide bonds. The summed E-state index contributed by atoms with van der Waals surface area (Å²) in [5, 5.41) is 32.4. The summed E-state index contributed by atoms with van der Waals surface area (Å²) in [7, 11) is 0. The number of thioether (sulfide) groups is 1. The number of carbonyl (C=O) groups excluding carboxylic acids is 1. The summed E-state index contributed by atoms with van der Waals surface area (Å²) in [6.45, 7) is 1.40. The van der Waals surface area contributed by atoms with Gasteiger partial charge in [0, 0.05) is 29.7 Å². The molecular weight excluding hydrogens is 446 g/mol. The van der Waals surface area contributed by atoms with Crippen molar-refractivity contribution >= 4 is 17.7 Å². The van der Waals surface area contributed by atoms with Crippen molar-refractivity contribution in [1.82, 2.24) is 4.90 Å². The molecule has 178 valence electrons. The summed E-state index contributed by atoms with van der Waals surface area (Å²) in [5.41, 5.74) is 0.794. The van der Waals surface area contributed by atoms with Gasteiger partial charge in [-0.15, -0.1) is 11.8 Å². The number of rotatable bonds is 7. The molecule has 2 aliphatic heterocycles. The van der Waals surface area contributed by atoms with Crippen molar-refractivity contribution in [2.75, 3.05) is 18.9 Å². The van der Waals surface area contributed by atoms with Crippen LogP contribution in [0, 0.1) is 0 Å². The van der Waals surface area contributed by atoms with E-state index in [0.717, 1.165) is 10.5 Å². The van der Waals surface area contributed by atoms with Crippen LogP contribution in [0.15, 0.2) is 65.6 Å². The van der Waals surface area contributed by atoms with Crippen LogP contribution in [-0.4, -0.2) is 81.8 Å². The molecular formula is C24H29NO7S. The number of ether oxygens (including phenoxy) is 3. The molecule has 2 saturated heterocycles. The first kappa shape index (κ1) is 24.2. The van der Waals surface area contributed by atoms with Gasteiger partial charge < -0.3 is 34.4 Å². The van der Waals surface area contributed by atoms with Gasteiger partial charge in [-0.25, -0.2) is 0 Å². The topological polar surface area (TPSA) is 109 Å². The minimum Gasteiger partial charge on any atom is -0.390 e. The third-order valence-electron chi connectivity index (χ3n) is 5.78. The molecule has 2 aromatic rings. The van der Waals surface area contributed by atoms with E-state index in [1.807, 2.05) is 60.7 Å². The average molecular weight is 476 g/mol. The van der Waals surface area contributed by atoms with Crippen molar-refractivity contribution in [1.29, 1.82) is 0 Å². The Balaban J connectivity index is 1.44. The minimum absolute atomic E-state index is 0.0622. The Labute approximate surface area is 197 Å². The number of nitrogens with zero attached hydrogens (tertiary/aromatic N) is 1. The largest absolute Gasteiger partial charge is 0.390 e. The SMILES string of the molecule is CC(=O)N(C[C@H](O)CSc1ccccc1)[C@@H]1[C@@H](O)[C@@H]2OC(c3ccccc3)OC[C@H]2O[C@H]1O. The zero-order valence-corrected chi connectivity index (χ0v) is 19.1. The van der Waals surface area contributed by atoms with E-state index in [0.29, 0.717) is 5.75 Å². The number of benzene rings is 2. The van der Waals surface area contributed by atoms with Crippen LogP contribution in [0.25, 0.3) is 0 Å². The average Bonchev–Trinajstić information content (AvgIpc) is 2.83. The smallest absolute Gasteiger partial charge is 0.220 e. The van der Waals surface area contributed by atoms with Crippen LogP contribution >= 0.6 is 11.8 Å². The lowest BCUT2D eigenvalue weighted by molar-refractivity contribution is -0.345. The molecule has 4 rings (SSSR count). The van der Waals surface area contributed by atoms with Gasteiger partial charge in [-0.3, -0.25) is 4.79 Å². The van der Waals surface area contributed by atoms with E-state index in [1.165, 1.54) is 23.6 Å². The fourth-order valence-electron chi connectivity index (χ4n) is 4.16. The van der Waals surface area contributed by atoms with Crippen LogP contribution in [-0.2, 0) is 19.0 Å². The van der Waals surface area contributed by atoms with Crippen LogP contribution < -0.4 is 0 Å². The maximum Gasteiger partial charge on any atom is 0.220 e. The summed E-state index contributed by atoms with van der Waals surface area (Å²) in [5.74, 6) is -0.0457. The Morgan fingerprint density at radius 1 is 1.09 bits per heavy atom. The van der Waals surface area contributed by atoms with Gasteiger partial charge in [-0.1, -0.05) is 48.5 Å². The van der Waals surface area contributed by atoms with Crippen molar-refractivity contribution in [2.45, 2.75) is 54.9 Å². The first-order valence-electron chi connectivity index (χ1n) is 10.9. The molecule has 8 nitrogen and oxygen atoms in total. The summed E-state index contributed by atoms with van der Waals surface area (Å²) in [6, 6.07) is 17.8. The molecule has 0 spiro atoms. The van der Waals surface area contributed by atoms with Crippen molar-refractivity contribution in [3.05, 3.63) is 66.2 Å². The number of aliphatic hydroxyl groups is 3. The highest BCUT2D eigenvalue weighted by Crippen LogP contribution is 2.35. The monoisotopic (exact) mass is 475 g/mol. The Morgan fingerprint density at radius 2 is 1.76 bits per heavy atom. The Kier molecular flexibility index (Phi) is 8.02. The highest BCUT2D eigenvalue weighted by molar-refractivity contribution is 7.99. The molecule has 2 fully saturated rings. The molecule has 1 unspecified atom stereocenters. The Bertz CT molecular complexity index is 902. The summed E-state index contributed by atoms with van der Waals surface area (Å²) < 4.78 is 17.4. The lowest BCUT2D eigenvalue weighted by atomic mass is 9.94. The highest BCUT2D eigenvalue weighted by atomic mass is 32.2. The van der Waals surface area contributed by atoms with Gasteiger partial charge in [-0.05, 0) is 12.1 Å². The molecule has 9 heteroatoms. The van der Waals surface area contributed by atoms with E-state index in [9.17, 15) is 20.1 Å². The van der Waals surface area contributed by atoms with Crippen LogP contribution in [0.1, 0.15) is 18.8 Å². The molecule has 0 radical (unpaired) electrons. The zero-order valence-electron chi connectivity index (χ0n) is 18.3. The number of carbonyl (C=O) groups is 1. The van der Waals surface area contributed by atoms with E-state index < -0.39 is 48.9 Å². The van der Waals surface area contributed by atoms with Crippen molar-refractivity contribution in [2.24, 2.45) is 0 Å². The van der Waals surface area contributed by atoms with Crippen molar-refractivity contribution < 1.29 is 34.3 Å². The standard InChI is InChI=1S/C24H29NO7S/c1-15(26)25(12-17(27)14-33-18-10-6-3-7-11-18)20-21(28)22-19(31-23(20)29)13-30-24(32-22)16-8-4-2-5-9-16/h2-11,17,19-24,27-29H,12-14H2,1H3/t17-,19+,20+,21+,22+,23+,24?/m0/s1. The maximum atomic E-state index is 12.5. The van der Waals surface area contributed by atoms with Gasteiger partial charge in [0.25, 0.3) is 0 Å². The lowest BCUT2D eigenvalue weighted by Gasteiger charge is -2.49. The maximum absolute atomic E-state index is 12.5. The third-order valence-corrected chi connectivity index (χ3v) is 6.94. The molecule has 0 bridgehead atoms. The second kappa shape index (κ2) is 11.0. The quantitative estimate of drug-likeness (QED) is 0.518. The third kappa shape index (κ3) is 5.75. The highest BCUT2D eigenvalue weighted by Gasteiger charge is 2.51. The molecule has 7 atom stereocenters. The van der Waals surface area contributed by atoms with Gasteiger partial charge in [0.15, 0.2) is 12.6 Å². The number of fused-ring (bicyclic) bond motifs is 1. The minimum atomic E-state index is -1.44. The molecule has 2 aromatic carbocycles. The van der Waals surface area contributed by atoms with Crippen LogP contribution in [0.5, 0.6) is 0 Å². The fourth-order valence-corrected chi connectivity index (χ4v) is 5.00. The molecule has 2 aliphatic rings. The van der Waals surface area contributed by atoms with Crippen LogP contribution in [0.2, 0.25) is 0 Å². The van der Waals surface area contributed by atoms with Crippen molar-refractivity contribution in [3.63, 3.8) is 0 Å². The van der Waals surface area contributed by atoms with E-state index >= 15 is 0 Å². The van der Waals surface area contributed by atoms with Gasteiger partial charge in [-0.2, -0.15) is 0 Å². The Hall–Kier alpha value is -1.98. The van der Waals surface area contributed by atoms with E-state index in [2.05, 4.69) is 0 Å². The number of aliphatic hydroxyl groups excluding tert-OH is 3. The number of hydrogen-bond donors (Lipinski definition) is 3. The van der Waals surface area contributed by atoms with E-state index in [1.54, 1.807) is 0 Å². The zero-order chi connectivity index (χ0) is 23.4. The number of hydrogen-bond acceptors (Lipinski definition) is 8. The summed E-state index contributed by atoms with van der Waals surface area (Å²) in [6.07, 6.45) is -5.73. The van der Waals surface area contributed by atoms with Gasteiger partial charge in [0.2, 0.25) is 5.91 Å². The molecule has 3 N–H and O–H groups in total. The second-order valence-electron chi connectivity index (χ2n) is 8.17. The lowest BCUT2D eigenvalue weighted by Crippen LogP contribution is -2.67. The number of amides is 1. The normalized spacial score (nSPS) is 30.3. The fraction of sp³-hybridized carbons (Fsp3) is 0.458. The predicted molar refractivity (Wildman–Crippen MR) is 121 cm³/mol. The van der Waals surface area contributed by atoms with Crippen LogP contribution in [0.3, 0.4) is 0 Å².